The molecule has 1 amide bonds. The molecule has 5 nitrogen and oxygen atoms in total. The highest BCUT2D eigenvalue weighted by Gasteiger charge is 2.38. The largest absolute Gasteiger partial charge is 0.333 e. The van der Waals surface area contributed by atoms with Crippen LogP contribution in [0.25, 0.3) is 11.0 Å². The number of nitrogens with one attached hydrogen (secondary N) is 2. The monoisotopic (exact) mass is 464 g/mol. The number of carbonyl (C=O) groups excluding carboxylic acids is 1. The Bertz CT molecular complexity index is 964. The quantitative estimate of drug-likeness (QED) is 0.550. The van der Waals surface area contributed by atoms with Crippen molar-refractivity contribution in [2.24, 2.45) is 0 Å². The number of imidazole rings is 1. The number of aromatic nitrogens is 2. The first kappa shape index (κ1) is 22.9. The molecule has 1 aromatic heterocycles. The Balaban J connectivity index is 0.00000128. The molecule has 0 radical (unpaired) electrons. The van der Waals surface area contributed by atoms with Crippen molar-refractivity contribution in [3.8, 4) is 0 Å². The van der Waals surface area contributed by atoms with E-state index in [0.717, 1.165) is 65.4 Å². The molecule has 30 heavy (non-hydrogen) atoms. The molecule has 160 valence electrons. The van der Waals surface area contributed by atoms with Crippen molar-refractivity contribution < 1.29 is 4.79 Å². The minimum atomic E-state index is 0. The van der Waals surface area contributed by atoms with E-state index in [2.05, 4.69) is 26.3 Å². The van der Waals surface area contributed by atoms with Crippen LogP contribution in [-0.4, -0.2) is 45.9 Å². The Labute approximate surface area is 193 Å². The van der Waals surface area contributed by atoms with E-state index in [0.29, 0.717) is 12.1 Å². The molecular formula is C22H26Cl2N4OS. The van der Waals surface area contributed by atoms with Crippen LogP contribution in [0.5, 0.6) is 0 Å². The highest BCUT2D eigenvalue weighted by Crippen LogP contribution is 2.31. The highest BCUT2D eigenvalue weighted by atomic mass is 35.5. The van der Waals surface area contributed by atoms with Gasteiger partial charge in [-0.2, -0.15) is 0 Å². The number of aromatic amines is 1. The second-order valence-corrected chi connectivity index (χ2v) is 8.56. The average Bonchev–Trinajstić information content (AvgIpc) is 3.25. The average molecular weight is 465 g/mol. The third-order valence-corrected chi connectivity index (χ3v) is 6.79. The maximum Gasteiger partial charge on any atom is 0.254 e. The van der Waals surface area contributed by atoms with Crippen LogP contribution in [0.1, 0.15) is 35.2 Å². The molecule has 2 N–H and O–H groups in total. The van der Waals surface area contributed by atoms with Crippen molar-refractivity contribution in [1.82, 2.24) is 20.2 Å². The van der Waals surface area contributed by atoms with Gasteiger partial charge >= 0.3 is 0 Å². The van der Waals surface area contributed by atoms with E-state index < -0.39 is 0 Å². The van der Waals surface area contributed by atoms with Gasteiger partial charge in [0.25, 0.3) is 5.91 Å². The first-order chi connectivity index (χ1) is 13.8. The second-order valence-electron chi connectivity index (χ2n) is 7.60. The van der Waals surface area contributed by atoms with Crippen molar-refractivity contribution in [3.05, 3.63) is 59.7 Å². The number of hydrogen-bond donors (Lipinski definition) is 2. The maximum atomic E-state index is 13.5. The highest BCUT2D eigenvalue weighted by molar-refractivity contribution is 7.98. The van der Waals surface area contributed by atoms with E-state index in [1.165, 1.54) is 0 Å². The summed E-state index contributed by atoms with van der Waals surface area (Å²) in [6, 6.07) is 16.8. The number of H-pyrrole nitrogens is 1. The molecule has 2 saturated heterocycles. The number of nitrogens with zero attached hydrogens (tertiary/aromatic N) is 2. The van der Waals surface area contributed by atoms with Gasteiger partial charge in [-0.15, -0.1) is 24.8 Å². The van der Waals surface area contributed by atoms with Gasteiger partial charge in [-0.05, 0) is 49.6 Å². The summed E-state index contributed by atoms with van der Waals surface area (Å²) < 4.78 is 0. The molecule has 2 bridgehead atoms. The standard InChI is InChI=1S/C22H24N4OS.2ClH/c27-21(26-16-9-10-17(26)13-23-12-11-16)18-6-2-1-5-15(18)14-28-22-24-19-7-3-4-8-20(19)25-22;;/h1-8,16-17,23H,9-14H2,(H,24,25);2*1H. The molecule has 0 spiro atoms. The summed E-state index contributed by atoms with van der Waals surface area (Å²) in [5, 5.41) is 4.37. The number of amides is 1. The van der Waals surface area contributed by atoms with Crippen LogP contribution in [-0.2, 0) is 5.75 Å². The first-order valence-corrected chi connectivity index (χ1v) is 11.0. The Hall–Kier alpha value is -1.73. The molecule has 3 aromatic rings. The number of para-hydroxylation sites is 2. The van der Waals surface area contributed by atoms with Crippen LogP contribution in [0.4, 0.5) is 0 Å². The lowest BCUT2D eigenvalue weighted by Gasteiger charge is -2.28. The molecule has 2 fully saturated rings. The molecule has 5 rings (SSSR count). The van der Waals surface area contributed by atoms with Crippen molar-refractivity contribution >= 4 is 53.5 Å². The molecule has 2 aliphatic rings. The Morgan fingerprint density at radius 1 is 1.03 bits per heavy atom. The first-order valence-electron chi connectivity index (χ1n) is 9.98. The Morgan fingerprint density at radius 3 is 2.67 bits per heavy atom. The van der Waals surface area contributed by atoms with Gasteiger partial charge in [0.15, 0.2) is 5.16 Å². The zero-order valence-corrected chi connectivity index (χ0v) is 19.0. The molecular weight excluding hydrogens is 439 g/mol. The minimum absolute atomic E-state index is 0. The summed E-state index contributed by atoms with van der Waals surface area (Å²) in [6.45, 7) is 1.92. The van der Waals surface area contributed by atoms with Crippen LogP contribution in [0.3, 0.4) is 0 Å². The summed E-state index contributed by atoms with van der Waals surface area (Å²) in [5.41, 5.74) is 3.94. The lowest BCUT2D eigenvalue weighted by atomic mass is 10.1. The summed E-state index contributed by atoms with van der Waals surface area (Å²) >= 11 is 1.65. The Kier molecular flexibility index (Phi) is 7.69. The van der Waals surface area contributed by atoms with E-state index in [1.54, 1.807) is 11.8 Å². The normalized spacial score (nSPS) is 20.3. The summed E-state index contributed by atoms with van der Waals surface area (Å²) in [4.78, 5) is 23.6. The van der Waals surface area contributed by atoms with E-state index in [-0.39, 0.29) is 30.7 Å². The molecule has 2 aliphatic heterocycles. The molecule has 0 saturated carbocycles. The number of thioether (sulfide) groups is 1. The number of benzene rings is 2. The smallest absolute Gasteiger partial charge is 0.254 e. The van der Waals surface area contributed by atoms with Crippen molar-refractivity contribution in [3.63, 3.8) is 0 Å². The van der Waals surface area contributed by atoms with Crippen LogP contribution in [0, 0.1) is 0 Å². The molecule has 2 unspecified atom stereocenters. The van der Waals surface area contributed by atoms with E-state index in [4.69, 9.17) is 0 Å². The Morgan fingerprint density at radius 2 is 1.80 bits per heavy atom. The fourth-order valence-electron chi connectivity index (χ4n) is 4.45. The number of hydrogen-bond acceptors (Lipinski definition) is 4. The van der Waals surface area contributed by atoms with Crippen LogP contribution >= 0.6 is 36.6 Å². The van der Waals surface area contributed by atoms with E-state index in [9.17, 15) is 4.79 Å². The third kappa shape index (κ3) is 4.47. The predicted molar refractivity (Wildman–Crippen MR) is 127 cm³/mol. The SMILES string of the molecule is Cl.Cl.O=C(c1ccccc1CSc1nc2ccccc2[nH]1)N1C2CCNCC1CC2. The topological polar surface area (TPSA) is 61.0 Å². The van der Waals surface area contributed by atoms with Gasteiger partial charge in [0.2, 0.25) is 0 Å². The summed E-state index contributed by atoms with van der Waals surface area (Å²) in [5.74, 6) is 0.917. The van der Waals surface area contributed by atoms with E-state index >= 15 is 0 Å². The minimum Gasteiger partial charge on any atom is -0.333 e. The van der Waals surface area contributed by atoms with Crippen LogP contribution in [0.15, 0.2) is 53.7 Å². The van der Waals surface area contributed by atoms with Gasteiger partial charge in [0.05, 0.1) is 11.0 Å². The van der Waals surface area contributed by atoms with Gasteiger partial charge in [-0.1, -0.05) is 42.1 Å². The van der Waals surface area contributed by atoms with Gasteiger partial charge < -0.3 is 15.2 Å². The second kappa shape index (κ2) is 10.1. The van der Waals surface area contributed by atoms with Gasteiger partial charge in [0.1, 0.15) is 0 Å². The fourth-order valence-corrected chi connectivity index (χ4v) is 5.34. The van der Waals surface area contributed by atoms with Crippen LogP contribution < -0.4 is 5.32 Å². The molecule has 0 aliphatic carbocycles. The van der Waals surface area contributed by atoms with Crippen LogP contribution in [0.2, 0.25) is 0 Å². The molecule has 8 heteroatoms. The lowest BCUT2D eigenvalue weighted by Crippen LogP contribution is -2.42. The predicted octanol–water partition coefficient (Wildman–Crippen LogP) is 4.67. The number of fused-ring (bicyclic) bond motifs is 3. The molecule has 2 aromatic carbocycles. The zero-order chi connectivity index (χ0) is 18.9. The van der Waals surface area contributed by atoms with E-state index in [1.807, 2.05) is 42.5 Å². The maximum absolute atomic E-state index is 13.5. The zero-order valence-electron chi connectivity index (χ0n) is 16.5. The van der Waals surface area contributed by atoms with Gasteiger partial charge in [-0.3, -0.25) is 4.79 Å². The lowest BCUT2D eigenvalue weighted by molar-refractivity contribution is 0.0679. The summed E-state index contributed by atoms with van der Waals surface area (Å²) in [6.07, 6.45) is 3.30. The number of rotatable bonds is 4. The van der Waals surface area contributed by atoms with Crippen molar-refractivity contribution in [2.75, 3.05) is 13.1 Å². The molecule has 3 heterocycles. The fraction of sp³-hybridized carbons (Fsp3) is 0.364. The van der Waals surface area contributed by atoms with Crippen molar-refractivity contribution in [1.29, 1.82) is 0 Å². The number of halogens is 2. The third-order valence-electron chi connectivity index (χ3n) is 5.87. The molecule has 2 atom stereocenters. The summed E-state index contributed by atoms with van der Waals surface area (Å²) in [7, 11) is 0. The number of carbonyl (C=O) groups is 1. The van der Waals surface area contributed by atoms with Crippen molar-refractivity contribution in [2.45, 2.75) is 42.3 Å². The van der Waals surface area contributed by atoms with Gasteiger partial charge in [0, 0.05) is 29.9 Å². The van der Waals surface area contributed by atoms with Gasteiger partial charge in [-0.25, -0.2) is 4.98 Å².